The van der Waals surface area contributed by atoms with E-state index in [4.69, 9.17) is 90.0 Å². The Hall–Kier alpha value is -5.16. The highest BCUT2D eigenvalue weighted by Gasteiger charge is 2.22. The third-order valence-electron chi connectivity index (χ3n) is 1.35. The minimum absolute atomic E-state index is 0.833. The van der Waals surface area contributed by atoms with E-state index in [1.807, 2.05) is 0 Å². The molecule has 0 radical (unpaired) electrons. The average Bonchev–Trinajstić information content (AvgIpc) is 2.60. The van der Waals surface area contributed by atoms with Crippen LogP contribution in [0.3, 0.4) is 0 Å². The molecule has 36 heavy (non-hydrogen) atoms. The Morgan fingerprint density at radius 2 is 0.333 bits per heavy atom. The maximum absolute atomic E-state index is 9.00. The van der Waals surface area contributed by atoms with Crippen LogP contribution in [0.2, 0.25) is 0 Å². The van der Waals surface area contributed by atoms with E-state index in [2.05, 4.69) is 0 Å². The third kappa shape index (κ3) is 63.0. The molecule has 0 spiro atoms. The van der Waals surface area contributed by atoms with E-state index >= 15 is 0 Å². The summed E-state index contributed by atoms with van der Waals surface area (Å²) in [5.41, 5.74) is 0. The maximum atomic E-state index is 9.00. The van der Waals surface area contributed by atoms with Gasteiger partial charge in [-0.15, -0.1) is 0 Å². The number of benzene rings is 1. The summed E-state index contributed by atoms with van der Waals surface area (Å²) in [5, 5.41) is 97.1. The summed E-state index contributed by atoms with van der Waals surface area (Å²) >= 11 is 0. The number of hydrogen-bond donors (Lipinski definition) is 12. The minimum Gasteiger partial charge on any atom is -0.502 e. The number of phenols is 6. The van der Waals surface area contributed by atoms with Crippen molar-refractivity contribution < 1.29 is 90.0 Å². The Kier molecular flexibility index (Phi) is 32.3. The van der Waals surface area contributed by atoms with Crippen molar-refractivity contribution in [2.45, 2.75) is 41.5 Å². The second-order valence-electron chi connectivity index (χ2n) is 5.21. The predicted octanol–water partition coefficient (Wildman–Crippen LogP) is 0.466. The number of carboxylic acid groups (broad SMARTS) is 6. The zero-order valence-electron chi connectivity index (χ0n) is 19.8. The summed E-state index contributed by atoms with van der Waals surface area (Å²) in [4.78, 5) is 54.0. The van der Waals surface area contributed by atoms with Crippen LogP contribution in [0.4, 0.5) is 0 Å². The van der Waals surface area contributed by atoms with Crippen LogP contribution in [0.15, 0.2) is 0 Å². The van der Waals surface area contributed by atoms with E-state index in [1.54, 1.807) is 0 Å². The van der Waals surface area contributed by atoms with E-state index in [0.29, 0.717) is 0 Å². The summed E-state index contributed by atoms with van der Waals surface area (Å²) in [6, 6.07) is 0. The molecular weight excluding hydrogens is 504 g/mol. The van der Waals surface area contributed by atoms with Gasteiger partial charge in [0.2, 0.25) is 34.5 Å². The Morgan fingerprint density at radius 3 is 0.361 bits per heavy atom. The second-order valence-corrected chi connectivity index (χ2v) is 5.21. The Balaban J connectivity index is -0.0000000797. The van der Waals surface area contributed by atoms with Crippen LogP contribution in [0.25, 0.3) is 0 Å². The minimum atomic E-state index is -1.09. The second kappa shape index (κ2) is 26.1. The van der Waals surface area contributed by atoms with Gasteiger partial charge in [0, 0.05) is 41.5 Å². The molecule has 1 aromatic rings. The van der Waals surface area contributed by atoms with Gasteiger partial charge in [-0.3, -0.25) is 28.8 Å². The molecule has 0 aromatic heterocycles. The summed E-state index contributed by atoms with van der Waals surface area (Å²) in [6.07, 6.45) is 0. The molecule has 12 N–H and O–H groups in total. The molecule has 18 heteroatoms. The molecule has 0 unspecified atom stereocenters. The Morgan fingerprint density at radius 1 is 0.306 bits per heavy atom. The van der Waals surface area contributed by atoms with E-state index in [9.17, 15) is 0 Å². The zero-order chi connectivity index (χ0) is 30.9. The van der Waals surface area contributed by atoms with Crippen LogP contribution in [0.1, 0.15) is 41.5 Å². The number of rotatable bonds is 0. The summed E-state index contributed by atoms with van der Waals surface area (Å²) in [5.74, 6) is -11.6. The Labute approximate surface area is 202 Å². The lowest BCUT2D eigenvalue weighted by Gasteiger charge is -2.06. The number of phenolic OH excluding ortho intramolecular Hbond substituents is 6. The van der Waals surface area contributed by atoms with Crippen molar-refractivity contribution in [1.29, 1.82) is 0 Å². The molecule has 0 atom stereocenters. The van der Waals surface area contributed by atoms with Gasteiger partial charge >= 0.3 is 0 Å². The number of hydrogen-bond acceptors (Lipinski definition) is 12. The Bertz CT molecular complexity index is 621. The van der Waals surface area contributed by atoms with Crippen molar-refractivity contribution in [3.8, 4) is 34.5 Å². The lowest BCUT2D eigenvalue weighted by atomic mass is 10.2. The highest BCUT2D eigenvalue weighted by Crippen LogP contribution is 2.54. The SMILES string of the molecule is CC(=O)O.CC(=O)O.CC(=O)O.CC(=O)O.CC(=O)O.CC(=O)O.Oc1c(O)c(O)c(O)c(O)c1O. The molecule has 0 aliphatic rings. The lowest BCUT2D eigenvalue weighted by molar-refractivity contribution is -0.135. The van der Waals surface area contributed by atoms with Gasteiger partial charge in [0.1, 0.15) is 0 Å². The molecule has 0 fully saturated rings. The van der Waals surface area contributed by atoms with Crippen LogP contribution in [0.5, 0.6) is 34.5 Å². The summed E-state index contributed by atoms with van der Waals surface area (Å²) < 4.78 is 0. The quantitative estimate of drug-likeness (QED) is 0.159. The molecular formula is C18H30O18. The normalized spacial score (nSPS) is 7.50. The number of aliphatic carboxylic acids is 6. The van der Waals surface area contributed by atoms with E-state index in [1.165, 1.54) is 0 Å². The smallest absolute Gasteiger partial charge is 0.300 e. The monoisotopic (exact) mass is 534 g/mol. The molecule has 0 saturated heterocycles. The first kappa shape index (κ1) is 44.5. The molecule has 1 aromatic carbocycles. The molecule has 18 nitrogen and oxygen atoms in total. The molecule has 0 aliphatic heterocycles. The van der Waals surface area contributed by atoms with Gasteiger partial charge < -0.3 is 61.3 Å². The topological polar surface area (TPSA) is 345 Å². The first-order valence-electron chi connectivity index (χ1n) is 8.41. The molecule has 0 aliphatic carbocycles. The van der Waals surface area contributed by atoms with Crippen molar-refractivity contribution in [1.82, 2.24) is 0 Å². The molecule has 0 saturated carbocycles. The first-order chi connectivity index (χ1) is 15.9. The van der Waals surface area contributed by atoms with Gasteiger partial charge in [-0.1, -0.05) is 0 Å². The van der Waals surface area contributed by atoms with E-state index in [-0.39, 0.29) is 0 Å². The van der Waals surface area contributed by atoms with Crippen molar-refractivity contribution in [3.63, 3.8) is 0 Å². The molecule has 0 heterocycles. The van der Waals surface area contributed by atoms with E-state index < -0.39 is 70.3 Å². The van der Waals surface area contributed by atoms with E-state index in [0.717, 1.165) is 41.5 Å². The fraction of sp³-hybridized carbons (Fsp3) is 0.333. The summed E-state index contributed by atoms with van der Waals surface area (Å²) in [7, 11) is 0. The van der Waals surface area contributed by atoms with Gasteiger partial charge in [-0.05, 0) is 0 Å². The highest BCUT2D eigenvalue weighted by molar-refractivity contribution is 5.70. The average molecular weight is 534 g/mol. The van der Waals surface area contributed by atoms with Crippen LogP contribution in [-0.2, 0) is 28.8 Å². The third-order valence-corrected chi connectivity index (χ3v) is 1.35. The van der Waals surface area contributed by atoms with Crippen molar-refractivity contribution in [3.05, 3.63) is 0 Å². The molecule has 210 valence electrons. The molecule has 1 rings (SSSR count). The number of carboxylic acids is 6. The number of aromatic hydroxyl groups is 6. The van der Waals surface area contributed by atoms with Crippen molar-refractivity contribution in [2.75, 3.05) is 0 Å². The van der Waals surface area contributed by atoms with Crippen LogP contribution >= 0.6 is 0 Å². The van der Waals surface area contributed by atoms with Gasteiger partial charge in [0.25, 0.3) is 35.8 Å². The summed E-state index contributed by atoms with van der Waals surface area (Å²) in [6.45, 7) is 6.50. The van der Waals surface area contributed by atoms with Crippen LogP contribution in [0, 0.1) is 0 Å². The zero-order valence-corrected chi connectivity index (χ0v) is 19.8. The largest absolute Gasteiger partial charge is 0.502 e. The number of carbonyl (C=O) groups is 6. The molecule has 0 amide bonds. The van der Waals surface area contributed by atoms with Crippen LogP contribution in [-0.4, -0.2) is 97.1 Å². The highest BCUT2D eigenvalue weighted by atomic mass is 16.4. The van der Waals surface area contributed by atoms with Crippen LogP contribution < -0.4 is 0 Å². The van der Waals surface area contributed by atoms with Crippen molar-refractivity contribution >= 4 is 35.8 Å². The molecule has 0 bridgehead atoms. The fourth-order valence-electron chi connectivity index (χ4n) is 0.673. The van der Waals surface area contributed by atoms with Gasteiger partial charge in [0.15, 0.2) is 0 Å². The lowest BCUT2D eigenvalue weighted by Crippen LogP contribution is -1.78. The van der Waals surface area contributed by atoms with Gasteiger partial charge in [0.05, 0.1) is 0 Å². The van der Waals surface area contributed by atoms with Gasteiger partial charge in [-0.2, -0.15) is 0 Å². The standard InChI is InChI=1S/C6H6O6.6C2H4O2/c7-1-2(8)4(10)6(12)5(11)3(1)9;6*1-2(3)4/h7-12H;6*1H3,(H,3,4). The van der Waals surface area contributed by atoms with Gasteiger partial charge in [-0.25, -0.2) is 0 Å². The fourth-order valence-corrected chi connectivity index (χ4v) is 0.673. The van der Waals surface area contributed by atoms with Crippen molar-refractivity contribution in [2.24, 2.45) is 0 Å². The first-order valence-corrected chi connectivity index (χ1v) is 8.41. The predicted molar refractivity (Wildman–Crippen MR) is 116 cm³/mol. The maximum Gasteiger partial charge on any atom is 0.300 e.